The molecular formula is C21H22F2N2O4S2. The van der Waals surface area contributed by atoms with E-state index in [1.54, 1.807) is 6.07 Å². The summed E-state index contributed by atoms with van der Waals surface area (Å²) in [6.45, 7) is -3.31. The minimum absolute atomic E-state index is 0.0934. The third-order valence-electron chi connectivity index (χ3n) is 4.16. The Kier molecular flexibility index (Phi) is 9.75. The molecule has 0 aromatic heterocycles. The maximum absolute atomic E-state index is 12.8. The van der Waals surface area contributed by atoms with E-state index in [1.165, 1.54) is 36.0 Å². The van der Waals surface area contributed by atoms with E-state index in [2.05, 4.69) is 10.1 Å². The molecule has 2 rings (SSSR count). The van der Waals surface area contributed by atoms with E-state index < -0.39 is 39.8 Å². The van der Waals surface area contributed by atoms with E-state index in [-0.39, 0.29) is 23.6 Å². The number of benzene rings is 2. The van der Waals surface area contributed by atoms with Crippen molar-refractivity contribution in [1.29, 1.82) is 5.26 Å². The summed E-state index contributed by atoms with van der Waals surface area (Å²) in [7, 11) is -3.84. The molecule has 2 aromatic carbocycles. The number of hydrogen-bond acceptors (Lipinski definition) is 6. The van der Waals surface area contributed by atoms with Crippen LogP contribution in [0.3, 0.4) is 0 Å². The quantitative estimate of drug-likeness (QED) is 0.480. The molecule has 1 atom stereocenters. The molecule has 1 amide bonds. The van der Waals surface area contributed by atoms with Gasteiger partial charge in [-0.05, 0) is 11.6 Å². The number of nitrogens with zero attached hydrogens (tertiary/aromatic N) is 1. The Morgan fingerprint density at radius 2 is 1.81 bits per heavy atom. The number of alkyl halides is 2. The van der Waals surface area contributed by atoms with Crippen molar-refractivity contribution >= 4 is 27.5 Å². The Labute approximate surface area is 184 Å². The largest absolute Gasteiger partial charge is 0.435 e. The molecule has 0 saturated heterocycles. The molecule has 0 aliphatic carbocycles. The molecule has 0 spiro atoms. The molecule has 0 heterocycles. The van der Waals surface area contributed by atoms with Crippen LogP contribution in [0, 0.1) is 17.2 Å². The van der Waals surface area contributed by atoms with Gasteiger partial charge in [0.2, 0.25) is 5.91 Å². The van der Waals surface area contributed by atoms with E-state index in [0.29, 0.717) is 5.75 Å². The van der Waals surface area contributed by atoms with Crippen LogP contribution in [0.2, 0.25) is 0 Å². The summed E-state index contributed by atoms with van der Waals surface area (Å²) in [6.07, 6.45) is 0. The Morgan fingerprint density at radius 1 is 1.13 bits per heavy atom. The highest BCUT2D eigenvalue weighted by Gasteiger charge is 2.27. The Hall–Kier alpha value is -2.64. The van der Waals surface area contributed by atoms with Crippen LogP contribution in [0.4, 0.5) is 8.78 Å². The maximum Gasteiger partial charge on any atom is 0.387 e. The molecule has 10 heteroatoms. The summed E-state index contributed by atoms with van der Waals surface area (Å²) in [5.41, 5.74) is 1.13. The highest BCUT2D eigenvalue weighted by atomic mass is 32.2. The predicted molar refractivity (Wildman–Crippen MR) is 115 cm³/mol. The molecule has 0 radical (unpaired) electrons. The van der Waals surface area contributed by atoms with Gasteiger partial charge in [0.1, 0.15) is 12.3 Å². The zero-order valence-corrected chi connectivity index (χ0v) is 18.2. The number of sulfone groups is 1. The van der Waals surface area contributed by atoms with Crippen LogP contribution in [0.15, 0.2) is 54.6 Å². The van der Waals surface area contributed by atoms with Gasteiger partial charge in [0.25, 0.3) is 0 Å². The van der Waals surface area contributed by atoms with Crippen molar-refractivity contribution in [1.82, 2.24) is 5.32 Å². The fourth-order valence-corrected chi connectivity index (χ4v) is 5.76. The first-order valence-electron chi connectivity index (χ1n) is 9.30. The monoisotopic (exact) mass is 468 g/mol. The molecule has 1 N–H and O–H groups in total. The molecule has 2 aromatic rings. The lowest BCUT2D eigenvalue weighted by molar-refractivity contribution is -0.123. The Bertz CT molecular complexity index is 996. The number of amides is 1. The van der Waals surface area contributed by atoms with Crippen LogP contribution in [-0.4, -0.2) is 39.0 Å². The number of para-hydroxylation sites is 1. The third-order valence-corrected chi connectivity index (χ3v) is 7.00. The van der Waals surface area contributed by atoms with Crippen LogP contribution in [-0.2, 0) is 26.1 Å². The van der Waals surface area contributed by atoms with E-state index in [4.69, 9.17) is 5.26 Å². The predicted octanol–water partition coefficient (Wildman–Crippen LogP) is 3.39. The minimum Gasteiger partial charge on any atom is -0.435 e. The van der Waals surface area contributed by atoms with E-state index >= 15 is 0 Å². The van der Waals surface area contributed by atoms with Crippen molar-refractivity contribution in [3.63, 3.8) is 0 Å². The fraction of sp³-hybridized carbons (Fsp3) is 0.333. The summed E-state index contributed by atoms with van der Waals surface area (Å²) >= 11 is 1.40. The van der Waals surface area contributed by atoms with Gasteiger partial charge in [0, 0.05) is 17.1 Å². The standard InChI is InChI=1S/C21H22F2N2O4S2/c22-21(23)29-19-9-5-4-8-17(19)14-31(27,28)15-18(20(26)25-11-10-24)13-30-12-16-6-2-1-3-7-16/h1-9,18,21H,11-15H2,(H,25,26). The van der Waals surface area contributed by atoms with Gasteiger partial charge in [-0.1, -0.05) is 48.5 Å². The molecule has 31 heavy (non-hydrogen) atoms. The Balaban J connectivity index is 2.09. The number of carbonyl (C=O) groups is 1. The van der Waals surface area contributed by atoms with Gasteiger partial charge in [-0.2, -0.15) is 25.8 Å². The molecule has 166 valence electrons. The van der Waals surface area contributed by atoms with Gasteiger partial charge in [-0.15, -0.1) is 0 Å². The van der Waals surface area contributed by atoms with Gasteiger partial charge in [0.05, 0.1) is 23.5 Å². The fourth-order valence-electron chi connectivity index (χ4n) is 2.80. The van der Waals surface area contributed by atoms with Crippen LogP contribution < -0.4 is 10.1 Å². The number of hydrogen-bond donors (Lipinski definition) is 1. The molecule has 6 nitrogen and oxygen atoms in total. The molecular weight excluding hydrogens is 446 g/mol. The van der Waals surface area contributed by atoms with E-state index in [1.807, 2.05) is 30.3 Å². The summed E-state index contributed by atoms with van der Waals surface area (Å²) in [4.78, 5) is 12.4. The first kappa shape index (κ1) is 24.6. The van der Waals surface area contributed by atoms with Crippen molar-refractivity contribution in [2.24, 2.45) is 5.92 Å². The van der Waals surface area contributed by atoms with Crippen LogP contribution >= 0.6 is 11.8 Å². The minimum atomic E-state index is -3.84. The van der Waals surface area contributed by atoms with Gasteiger partial charge in [0.15, 0.2) is 9.84 Å². The molecule has 1 unspecified atom stereocenters. The zero-order valence-electron chi connectivity index (χ0n) is 16.5. The molecule has 0 bridgehead atoms. The number of rotatable bonds is 12. The lowest BCUT2D eigenvalue weighted by Crippen LogP contribution is -2.36. The Morgan fingerprint density at radius 3 is 2.48 bits per heavy atom. The number of halogens is 2. The summed E-state index contributed by atoms with van der Waals surface area (Å²) < 4.78 is 55.1. The normalized spacial score (nSPS) is 12.2. The van der Waals surface area contributed by atoms with Crippen molar-refractivity contribution in [2.45, 2.75) is 18.1 Å². The number of nitriles is 1. The smallest absolute Gasteiger partial charge is 0.387 e. The molecule has 0 fully saturated rings. The average Bonchev–Trinajstić information content (AvgIpc) is 2.73. The van der Waals surface area contributed by atoms with E-state index in [0.717, 1.165) is 5.56 Å². The van der Waals surface area contributed by atoms with E-state index in [9.17, 15) is 22.0 Å². The summed E-state index contributed by atoms with van der Waals surface area (Å²) in [6, 6.07) is 16.9. The second kappa shape index (κ2) is 12.3. The van der Waals surface area contributed by atoms with Gasteiger partial charge in [-0.3, -0.25) is 4.79 Å². The highest BCUT2D eigenvalue weighted by molar-refractivity contribution is 7.98. The number of carbonyl (C=O) groups excluding carboxylic acids is 1. The second-order valence-electron chi connectivity index (χ2n) is 6.61. The van der Waals surface area contributed by atoms with Gasteiger partial charge >= 0.3 is 6.61 Å². The van der Waals surface area contributed by atoms with Crippen LogP contribution in [0.25, 0.3) is 0 Å². The lowest BCUT2D eigenvalue weighted by Gasteiger charge is -2.17. The first-order chi connectivity index (χ1) is 14.8. The summed E-state index contributed by atoms with van der Waals surface area (Å²) in [5, 5.41) is 11.1. The lowest BCUT2D eigenvalue weighted by atomic mass is 10.2. The summed E-state index contributed by atoms with van der Waals surface area (Å²) in [5.74, 6) is -1.85. The maximum atomic E-state index is 12.8. The second-order valence-corrected chi connectivity index (χ2v) is 9.75. The SMILES string of the molecule is N#CCNC(=O)C(CSCc1ccccc1)CS(=O)(=O)Cc1ccccc1OC(F)F. The third kappa shape index (κ3) is 8.94. The van der Waals surface area contributed by atoms with Crippen molar-refractivity contribution in [3.8, 4) is 11.8 Å². The van der Waals surface area contributed by atoms with Gasteiger partial charge in [-0.25, -0.2) is 8.42 Å². The average molecular weight is 469 g/mol. The number of ether oxygens (including phenoxy) is 1. The number of thioether (sulfide) groups is 1. The first-order valence-corrected chi connectivity index (χ1v) is 12.3. The van der Waals surface area contributed by atoms with Crippen LogP contribution in [0.1, 0.15) is 11.1 Å². The van der Waals surface area contributed by atoms with Crippen LogP contribution in [0.5, 0.6) is 5.75 Å². The van der Waals surface area contributed by atoms with Gasteiger partial charge < -0.3 is 10.1 Å². The molecule has 0 saturated carbocycles. The van der Waals surface area contributed by atoms with Crippen molar-refractivity contribution in [2.75, 3.05) is 18.1 Å². The number of nitrogens with one attached hydrogen (secondary N) is 1. The van der Waals surface area contributed by atoms with Crippen molar-refractivity contribution < 1.29 is 26.7 Å². The van der Waals surface area contributed by atoms with Crippen molar-refractivity contribution in [3.05, 3.63) is 65.7 Å². The molecule has 0 aliphatic rings. The molecule has 0 aliphatic heterocycles. The topological polar surface area (TPSA) is 96.3 Å². The zero-order chi connectivity index (χ0) is 22.7. The highest BCUT2D eigenvalue weighted by Crippen LogP contribution is 2.24.